The molecular formula is C21H21F2N9O. The molecule has 1 aromatic carbocycles. The molecule has 170 valence electrons. The molecule has 0 aliphatic carbocycles. The van der Waals surface area contributed by atoms with Gasteiger partial charge in [-0.15, -0.1) is 0 Å². The number of hydrogen-bond acceptors (Lipinski definition) is 9. The molecule has 12 heteroatoms. The first-order chi connectivity index (χ1) is 16.1. The summed E-state index contributed by atoms with van der Waals surface area (Å²) >= 11 is 0. The number of halogens is 2. The summed E-state index contributed by atoms with van der Waals surface area (Å²) in [7, 11) is 1.76. The molecule has 33 heavy (non-hydrogen) atoms. The molecule has 5 rings (SSSR count). The van der Waals surface area contributed by atoms with Crippen molar-refractivity contribution in [2.75, 3.05) is 48.9 Å². The van der Waals surface area contributed by atoms with Crippen molar-refractivity contribution in [3.63, 3.8) is 0 Å². The lowest BCUT2D eigenvalue weighted by Crippen LogP contribution is -2.37. The van der Waals surface area contributed by atoms with E-state index in [-0.39, 0.29) is 11.9 Å². The zero-order valence-corrected chi connectivity index (χ0v) is 17.7. The van der Waals surface area contributed by atoms with Gasteiger partial charge < -0.3 is 20.3 Å². The maximum absolute atomic E-state index is 14.0. The second-order valence-electron chi connectivity index (χ2n) is 7.28. The highest BCUT2D eigenvalue weighted by atomic mass is 19.3. The van der Waals surface area contributed by atoms with E-state index in [0.29, 0.717) is 49.0 Å². The SMILES string of the molecule is CNc1ccc2nc(C(F)F)n(-c3nc(Nc4cccnc4)nc(N4CCOCC4)n3)c2c1. The van der Waals surface area contributed by atoms with Crippen molar-refractivity contribution in [1.82, 2.24) is 29.5 Å². The Hall–Kier alpha value is -3.93. The number of rotatable bonds is 6. The number of nitrogens with one attached hydrogen (secondary N) is 2. The number of morpholine rings is 1. The predicted molar refractivity (Wildman–Crippen MR) is 120 cm³/mol. The Balaban J connectivity index is 1.68. The number of pyridine rings is 1. The highest BCUT2D eigenvalue weighted by Crippen LogP contribution is 2.29. The first-order valence-electron chi connectivity index (χ1n) is 10.4. The van der Waals surface area contributed by atoms with Crippen LogP contribution in [0.2, 0.25) is 0 Å². The Kier molecular flexibility index (Phi) is 5.65. The third-order valence-electron chi connectivity index (χ3n) is 5.19. The second-order valence-corrected chi connectivity index (χ2v) is 7.28. The average molecular weight is 453 g/mol. The molecule has 0 amide bonds. The number of imidazole rings is 1. The molecule has 0 atom stereocenters. The summed E-state index contributed by atoms with van der Waals surface area (Å²) < 4.78 is 34.7. The Bertz CT molecular complexity index is 1260. The lowest BCUT2D eigenvalue weighted by atomic mass is 10.3. The van der Waals surface area contributed by atoms with Gasteiger partial charge in [-0.2, -0.15) is 15.0 Å². The lowest BCUT2D eigenvalue weighted by molar-refractivity contribution is 0.122. The van der Waals surface area contributed by atoms with Gasteiger partial charge in [0.25, 0.3) is 6.43 Å². The monoisotopic (exact) mass is 453 g/mol. The largest absolute Gasteiger partial charge is 0.388 e. The van der Waals surface area contributed by atoms with E-state index in [1.54, 1.807) is 49.8 Å². The fraction of sp³-hybridized carbons (Fsp3) is 0.286. The van der Waals surface area contributed by atoms with E-state index >= 15 is 0 Å². The zero-order chi connectivity index (χ0) is 22.8. The van der Waals surface area contributed by atoms with Gasteiger partial charge in [0.2, 0.25) is 17.8 Å². The van der Waals surface area contributed by atoms with E-state index in [1.807, 2.05) is 4.90 Å². The molecule has 0 unspecified atom stereocenters. The molecular weight excluding hydrogens is 432 g/mol. The molecule has 0 radical (unpaired) electrons. The van der Waals surface area contributed by atoms with E-state index in [2.05, 4.69) is 35.6 Å². The number of alkyl halides is 2. The number of anilines is 4. The molecule has 4 aromatic rings. The molecule has 1 saturated heterocycles. The van der Waals surface area contributed by atoms with Crippen molar-refractivity contribution in [2.45, 2.75) is 6.43 Å². The molecule has 1 aliphatic heterocycles. The number of benzene rings is 1. The van der Waals surface area contributed by atoms with Crippen LogP contribution in [-0.2, 0) is 4.74 Å². The Morgan fingerprint density at radius 2 is 1.82 bits per heavy atom. The fourth-order valence-electron chi connectivity index (χ4n) is 3.59. The summed E-state index contributed by atoms with van der Waals surface area (Å²) in [4.78, 5) is 23.7. The van der Waals surface area contributed by atoms with E-state index in [1.165, 1.54) is 4.57 Å². The van der Waals surface area contributed by atoms with Gasteiger partial charge in [-0.3, -0.25) is 9.55 Å². The molecule has 1 aliphatic rings. The molecule has 0 bridgehead atoms. The van der Waals surface area contributed by atoms with Crippen molar-refractivity contribution in [3.8, 4) is 5.95 Å². The van der Waals surface area contributed by atoms with Gasteiger partial charge in [-0.1, -0.05) is 0 Å². The van der Waals surface area contributed by atoms with Crippen LogP contribution in [0.5, 0.6) is 0 Å². The van der Waals surface area contributed by atoms with Gasteiger partial charge in [0.05, 0.1) is 36.1 Å². The first kappa shape index (κ1) is 20.9. The van der Waals surface area contributed by atoms with Gasteiger partial charge in [0, 0.05) is 32.0 Å². The third-order valence-corrected chi connectivity index (χ3v) is 5.19. The topological polar surface area (TPSA) is 106 Å². The quantitative estimate of drug-likeness (QED) is 0.455. The Labute approximate surface area is 187 Å². The zero-order valence-electron chi connectivity index (χ0n) is 17.7. The number of nitrogens with zero attached hydrogens (tertiary/aromatic N) is 7. The van der Waals surface area contributed by atoms with Crippen LogP contribution in [0, 0.1) is 0 Å². The van der Waals surface area contributed by atoms with E-state index < -0.39 is 12.2 Å². The predicted octanol–water partition coefficient (Wildman–Crippen LogP) is 3.17. The summed E-state index contributed by atoms with van der Waals surface area (Å²) in [5, 5.41) is 6.11. The highest BCUT2D eigenvalue weighted by Gasteiger charge is 2.24. The van der Waals surface area contributed by atoms with Crippen molar-refractivity contribution < 1.29 is 13.5 Å². The van der Waals surface area contributed by atoms with Gasteiger partial charge in [-0.25, -0.2) is 13.8 Å². The van der Waals surface area contributed by atoms with Crippen LogP contribution >= 0.6 is 0 Å². The van der Waals surface area contributed by atoms with Crippen LogP contribution < -0.4 is 15.5 Å². The number of aromatic nitrogens is 6. The van der Waals surface area contributed by atoms with Crippen LogP contribution in [0.4, 0.5) is 32.1 Å². The highest BCUT2D eigenvalue weighted by molar-refractivity contribution is 5.81. The summed E-state index contributed by atoms with van der Waals surface area (Å²) in [6.45, 7) is 2.19. The lowest BCUT2D eigenvalue weighted by Gasteiger charge is -2.27. The summed E-state index contributed by atoms with van der Waals surface area (Å²) in [6, 6.07) is 8.77. The standard InChI is InChI=1S/C21H21F2N9O/c1-24-13-4-5-15-16(11-13)32(18(27-15)17(22)23)21-29-19(26-14-3-2-6-25-12-14)28-20(30-21)31-7-9-33-10-8-31/h2-6,11-12,17,24H,7-10H2,1H3,(H,26,28,29,30). The van der Waals surface area contributed by atoms with Crippen molar-refractivity contribution in [3.05, 3.63) is 48.5 Å². The second kappa shape index (κ2) is 8.90. The Morgan fingerprint density at radius 3 is 2.55 bits per heavy atom. The van der Waals surface area contributed by atoms with E-state index in [4.69, 9.17) is 4.74 Å². The van der Waals surface area contributed by atoms with Crippen LogP contribution in [-0.4, -0.2) is 62.8 Å². The summed E-state index contributed by atoms with van der Waals surface area (Å²) in [6.07, 6.45) is 0.442. The van der Waals surface area contributed by atoms with E-state index in [0.717, 1.165) is 5.69 Å². The minimum Gasteiger partial charge on any atom is -0.388 e. The molecule has 10 nitrogen and oxygen atoms in total. The summed E-state index contributed by atoms with van der Waals surface area (Å²) in [5.41, 5.74) is 2.29. The van der Waals surface area contributed by atoms with Gasteiger partial charge in [-0.05, 0) is 30.3 Å². The smallest absolute Gasteiger partial charge is 0.296 e. The maximum atomic E-state index is 14.0. The van der Waals surface area contributed by atoms with Gasteiger partial charge in [0.1, 0.15) is 0 Å². The van der Waals surface area contributed by atoms with E-state index in [9.17, 15) is 8.78 Å². The third kappa shape index (κ3) is 4.24. The molecule has 0 saturated carbocycles. The summed E-state index contributed by atoms with van der Waals surface area (Å²) in [5.74, 6) is 0.177. The number of fused-ring (bicyclic) bond motifs is 1. The van der Waals surface area contributed by atoms with Crippen LogP contribution in [0.1, 0.15) is 12.2 Å². The minimum atomic E-state index is -2.83. The maximum Gasteiger partial charge on any atom is 0.296 e. The molecule has 2 N–H and O–H groups in total. The van der Waals surface area contributed by atoms with Gasteiger partial charge in [0.15, 0.2) is 5.82 Å². The van der Waals surface area contributed by atoms with Crippen LogP contribution in [0.3, 0.4) is 0 Å². The molecule has 0 spiro atoms. The average Bonchev–Trinajstić information content (AvgIpc) is 3.24. The molecule has 4 heterocycles. The van der Waals surface area contributed by atoms with Crippen LogP contribution in [0.15, 0.2) is 42.7 Å². The van der Waals surface area contributed by atoms with Crippen molar-refractivity contribution in [2.24, 2.45) is 0 Å². The first-order valence-corrected chi connectivity index (χ1v) is 10.4. The molecule has 1 fully saturated rings. The fourth-order valence-corrected chi connectivity index (χ4v) is 3.59. The van der Waals surface area contributed by atoms with Gasteiger partial charge >= 0.3 is 0 Å². The minimum absolute atomic E-state index is 0.0453. The van der Waals surface area contributed by atoms with Crippen LogP contribution in [0.25, 0.3) is 17.0 Å². The molecule has 3 aromatic heterocycles. The van der Waals surface area contributed by atoms with Crippen molar-refractivity contribution >= 4 is 34.3 Å². The number of hydrogen-bond donors (Lipinski definition) is 2. The number of ether oxygens (including phenoxy) is 1. The normalized spacial score (nSPS) is 14.1. The van der Waals surface area contributed by atoms with Crippen molar-refractivity contribution in [1.29, 1.82) is 0 Å². The Morgan fingerprint density at radius 1 is 1.00 bits per heavy atom.